The third-order valence-corrected chi connectivity index (χ3v) is 7.35. The average Bonchev–Trinajstić information content (AvgIpc) is 3.61. The standard InChI is InChI=1S/C26H28N4O7S2/c1-36-26(32)29-21(15-17-6-3-2-4-7-17)24(31)27-20(22-16-38-25(28-22)23-8-5-13-37-23)14-18-9-11-19(12-10-18)30-39(33,34)35/h2-13,16,20-21,25,28,30H,14-15H2,1H3,(H,27,31)(H,29,32)(H,33,34,35)/t20-,21-,25?/m0/s1. The smallest absolute Gasteiger partial charge is 0.407 e. The number of anilines is 1. The molecule has 5 N–H and O–H groups in total. The van der Waals surface area contributed by atoms with Crippen LogP contribution < -0.4 is 20.7 Å². The van der Waals surface area contributed by atoms with Gasteiger partial charge in [0.1, 0.15) is 17.2 Å². The maximum absolute atomic E-state index is 13.5. The van der Waals surface area contributed by atoms with Crippen LogP contribution in [0.25, 0.3) is 0 Å². The summed E-state index contributed by atoms with van der Waals surface area (Å²) in [5, 5.41) is 10.8. The van der Waals surface area contributed by atoms with E-state index in [0.717, 1.165) is 22.6 Å². The minimum absolute atomic E-state index is 0.177. The van der Waals surface area contributed by atoms with Crippen molar-refractivity contribution >= 4 is 39.8 Å². The topological polar surface area (TPSA) is 159 Å². The maximum atomic E-state index is 13.5. The average molecular weight is 573 g/mol. The molecule has 11 nitrogen and oxygen atoms in total. The van der Waals surface area contributed by atoms with E-state index in [1.165, 1.54) is 31.0 Å². The molecular weight excluding hydrogens is 544 g/mol. The third kappa shape index (κ3) is 8.27. The van der Waals surface area contributed by atoms with Crippen LogP contribution in [0.4, 0.5) is 10.5 Å². The molecule has 0 radical (unpaired) electrons. The molecule has 206 valence electrons. The highest BCUT2D eigenvalue weighted by Crippen LogP contribution is 2.35. The molecule has 0 aliphatic carbocycles. The van der Waals surface area contributed by atoms with Crippen molar-refractivity contribution in [3.63, 3.8) is 0 Å². The van der Waals surface area contributed by atoms with Crippen molar-refractivity contribution in [3.05, 3.63) is 101 Å². The molecular formula is C26H28N4O7S2. The molecule has 1 aromatic heterocycles. The lowest BCUT2D eigenvalue weighted by Crippen LogP contribution is -2.52. The Bertz CT molecular complexity index is 1400. The molecule has 2 heterocycles. The Morgan fingerprint density at radius 3 is 2.38 bits per heavy atom. The number of methoxy groups -OCH3 is 1. The molecule has 2 amide bonds. The molecule has 0 saturated carbocycles. The van der Waals surface area contributed by atoms with Crippen molar-refractivity contribution in [1.82, 2.24) is 16.0 Å². The van der Waals surface area contributed by atoms with Crippen LogP contribution in [0.15, 0.2) is 88.5 Å². The zero-order chi connectivity index (χ0) is 27.8. The second kappa shape index (κ2) is 12.7. The van der Waals surface area contributed by atoms with Crippen LogP contribution in [-0.4, -0.2) is 44.2 Å². The SMILES string of the molecule is COC(=O)N[C@@H](Cc1ccccc1)C(=O)N[C@@H](Cc1ccc(NS(=O)(=O)O)cc1)C1=CSC(c2ccco2)N1. The maximum Gasteiger partial charge on any atom is 0.407 e. The van der Waals surface area contributed by atoms with E-state index in [-0.39, 0.29) is 17.5 Å². The number of hydrogen-bond acceptors (Lipinski definition) is 8. The van der Waals surface area contributed by atoms with Crippen LogP contribution in [-0.2, 0) is 32.7 Å². The predicted octanol–water partition coefficient (Wildman–Crippen LogP) is 3.37. The Balaban J connectivity index is 1.54. The van der Waals surface area contributed by atoms with Gasteiger partial charge in [0.05, 0.1) is 25.1 Å². The molecule has 2 aromatic carbocycles. The second-order valence-corrected chi connectivity index (χ2v) is 10.8. The zero-order valence-corrected chi connectivity index (χ0v) is 22.5. The summed E-state index contributed by atoms with van der Waals surface area (Å²) in [7, 11) is -3.17. The molecule has 39 heavy (non-hydrogen) atoms. The number of alkyl carbamates (subject to hydrolysis) is 1. The highest BCUT2D eigenvalue weighted by molar-refractivity contribution is 8.02. The lowest BCUT2D eigenvalue weighted by atomic mass is 10.0. The van der Waals surface area contributed by atoms with E-state index in [1.807, 2.05) is 46.5 Å². The van der Waals surface area contributed by atoms with Gasteiger partial charge < -0.3 is 25.1 Å². The fourth-order valence-corrected chi connectivity index (χ4v) is 5.41. The van der Waals surface area contributed by atoms with Gasteiger partial charge in [0.2, 0.25) is 5.91 Å². The second-order valence-electron chi connectivity index (χ2n) is 8.67. The molecule has 3 aromatic rings. The van der Waals surface area contributed by atoms with Crippen LogP contribution in [0.3, 0.4) is 0 Å². The van der Waals surface area contributed by atoms with Crippen LogP contribution >= 0.6 is 11.8 Å². The van der Waals surface area contributed by atoms with E-state index in [0.29, 0.717) is 6.42 Å². The van der Waals surface area contributed by atoms with E-state index in [4.69, 9.17) is 13.7 Å². The lowest BCUT2D eigenvalue weighted by molar-refractivity contribution is -0.123. The largest absolute Gasteiger partial charge is 0.466 e. The summed E-state index contributed by atoms with van der Waals surface area (Å²) in [4.78, 5) is 25.5. The number of ether oxygens (including phenoxy) is 1. The highest BCUT2D eigenvalue weighted by Gasteiger charge is 2.30. The van der Waals surface area contributed by atoms with E-state index in [9.17, 15) is 18.0 Å². The first-order valence-electron chi connectivity index (χ1n) is 11.9. The summed E-state index contributed by atoms with van der Waals surface area (Å²) >= 11 is 1.50. The van der Waals surface area contributed by atoms with Gasteiger partial charge in [0.25, 0.3) is 0 Å². The van der Waals surface area contributed by atoms with Crippen molar-refractivity contribution in [1.29, 1.82) is 0 Å². The summed E-state index contributed by atoms with van der Waals surface area (Å²) in [6.07, 6.45) is 1.46. The van der Waals surface area contributed by atoms with Crippen LogP contribution in [0.1, 0.15) is 22.3 Å². The Kier molecular flexibility index (Phi) is 9.17. The van der Waals surface area contributed by atoms with Crippen molar-refractivity contribution < 1.29 is 31.7 Å². The Labute approximate surface area is 230 Å². The highest BCUT2D eigenvalue weighted by atomic mass is 32.2. The molecule has 0 fully saturated rings. The van der Waals surface area contributed by atoms with Crippen LogP contribution in [0.5, 0.6) is 0 Å². The summed E-state index contributed by atoms with van der Waals surface area (Å²) in [5.74, 6) is 0.319. The molecule has 0 bridgehead atoms. The van der Waals surface area contributed by atoms with Crippen LogP contribution in [0, 0.1) is 0 Å². The number of benzene rings is 2. The number of nitrogens with one attached hydrogen (secondary N) is 4. The molecule has 0 spiro atoms. The molecule has 4 rings (SSSR count). The van der Waals surface area contributed by atoms with Gasteiger partial charge >= 0.3 is 16.4 Å². The van der Waals surface area contributed by atoms with Gasteiger partial charge in [-0.25, -0.2) is 4.79 Å². The normalized spacial score (nSPS) is 16.4. The number of amides is 2. The van der Waals surface area contributed by atoms with E-state index < -0.39 is 34.4 Å². The van der Waals surface area contributed by atoms with Crippen molar-refractivity contribution in [3.8, 4) is 0 Å². The molecule has 13 heteroatoms. The molecule has 1 aliphatic heterocycles. The van der Waals surface area contributed by atoms with Crippen molar-refractivity contribution in [2.24, 2.45) is 0 Å². The first-order chi connectivity index (χ1) is 18.7. The van der Waals surface area contributed by atoms with E-state index in [1.54, 1.807) is 24.5 Å². The van der Waals surface area contributed by atoms with Crippen molar-refractivity contribution in [2.75, 3.05) is 11.8 Å². The summed E-state index contributed by atoms with van der Waals surface area (Å²) < 4.78 is 43.5. The summed E-state index contributed by atoms with van der Waals surface area (Å²) in [5.41, 5.74) is 2.58. The number of hydrogen-bond donors (Lipinski definition) is 5. The summed E-state index contributed by atoms with van der Waals surface area (Å²) in [6.45, 7) is 0. The monoisotopic (exact) mass is 572 g/mol. The first kappa shape index (κ1) is 28.1. The quantitative estimate of drug-likeness (QED) is 0.217. The predicted molar refractivity (Wildman–Crippen MR) is 147 cm³/mol. The first-order valence-corrected chi connectivity index (χ1v) is 14.3. The van der Waals surface area contributed by atoms with Gasteiger partial charge in [-0.05, 0) is 47.2 Å². The van der Waals surface area contributed by atoms with Gasteiger partial charge in [-0.2, -0.15) is 8.42 Å². The minimum atomic E-state index is -4.40. The number of rotatable bonds is 11. The third-order valence-electron chi connectivity index (χ3n) is 5.84. The Hall–Kier alpha value is -3.94. The number of thioether (sulfide) groups is 1. The van der Waals surface area contributed by atoms with Crippen molar-refractivity contribution in [2.45, 2.75) is 30.3 Å². The van der Waals surface area contributed by atoms with E-state index in [2.05, 4.69) is 16.0 Å². The molecule has 3 atom stereocenters. The van der Waals surface area contributed by atoms with Crippen LogP contribution in [0.2, 0.25) is 0 Å². The molecule has 0 saturated heterocycles. The number of carbonyl (C=O) groups is 2. The lowest BCUT2D eigenvalue weighted by Gasteiger charge is -2.25. The number of furan rings is 1. The minimum Gasteiger partial charge on any atom is -0.466 e. The molecule has 1 aliphatic rings. The zero-order valence-electron chi connectivity index (χ0n) is 20.9. The fourth-order valence-electron chi connectivity index (χ4n) is 3.99. The van der Waals surface area contributed by atoms with Gasteiger partial charge in [-0.3, -0.25) is 14.1 Å². The van der Waals surface area contributed by atoms with Gasteiger partial charge in [0.15, 0.2) is 0 Å². The number of carbonyl (C=O) groups excluding carboxylic acids is 2. The van der Waals surface area contributed by atoms with Gasteiger partial charge in [-0.15, -0.1) is 0 Å². The van der Waals surface area contributed by atoms with Gasteiger partial charge in [-0.1, -0.05) is 54.2 Å². The fraction of sp³-hybridized carbons (Fsp3) is 0.231. The van der Waals surface area contributed by atoms with Gasteiger partial charge in [0, 0.05) is 12.1 Å². The molecule has 1 unspecified atom stereocenters. The Morgan fingerprint density at radius 2 is 1.74 bits per heavy atom. The Morgan fingerprint density at radius 1 is 1.03 bits per heavy atom. The van der Waals surface area contributed by atoms with E-state index >= 15 is 0 Å². The summed E-state index contributed by atoms with van der Waals surface area (Å²) in [6, 6.07) is 17.9.